The molecule has 0 unspecified atom stereocenters. The van der Waals surface area contributed by atoms with Gasteiger partial charge in [-0.15, -0.1) is 11.6 Å². The fourth-order valence-electron chi connectivity index (χ4n) is 4.24. The Morgan fingerprint density at radius 3 is 1.93 bits per heavy atom. The molecule has 3 saturated carbocycles. The molecule has 2 atom stereocenters. The van der Waals surface area contributed by atoms with Gasteiger partial charge in [0.1, 0.15) is 0 Å². The van der Waals surface area contributed by atoms with Crippen molar-refractivity contribution < 1.29 is 0 Å². The average Bonchev–Trinajstić information content (AvgIpc) is 2.35. The van der Waals surface area contributed by atoms with E-state index >= 15 is 0 Å². The van der Waals surface area contributed by atoms with E-state index in [0.29, 0.717) is 16.2 Å². The smallest absolute Gasteiger partial charge is 0.0930 e. The molecule has 14 heavy (non-hydrogen) atoms. The molecular weight excluding hydrogens is 327 g/mol. The highest BCUT2D eigenvalue weighted by Gasteiger charge is 2.86. The van der Waals surface area contributed by atoms with Crippen LogP contribution in [-0.2, 0) is 0 Å². The Kier molecular flexibility index (Phi) is 2.17. The van der Waals surface area contributed by atoms with Crippen molar-refractivity contribution in [3.8, 4) is 0 Å². The number of alkyl halides is 3. The Labute approximate surface area is 107 Å². The third-order valence-corrected chi connectivity index (χ3v) is 8.25. The van der Waals surface area contributed by atoms with E-state index in [1.54, 1.807) is 0 Å². The summed E-state index contributed by atoms with van der Waals surface area (Å²) in [5, 5.41) is 0.427. The highest BCUT2D eigenvalue weighted by molar-refractivity contribution is 9.25. The molecule has 3 heteroatoms. The van der Waals surface area contributed by atoms with Crippen LogP contribution in [0, 0.1) is 10.8 Å². The van der Waals surface area contributed by atoms with E-state index in [9.17, 15) is 0 Å². The molecule has 0 spiro atoms. The molecule has 0 aromatic rings. The maximum atomic E-state index is 6.34. The van der Waals surface area contributed by atoms with Crippen LogP contribution >= 0.6 is 43.5 Å². The topological polar surface area (TPSA) is 0 Å². The summed E-state index contributed by atoms with van der Waals surface area (Å²) in [5.41, 5.74) is 0.978. The molecule has 0 bridgehead atoms. The van der Waals surface area contributed by atoms with Crippen LogP contribution in [0.1, 0.15) is 44.9 Å². The van der Waals surface area contributed by atoms with Gasteiger partial charge in [0.15, 0.2) is 0 Å². The highest BCUT2D eigenvalue weighted by Crippen LogP contribution is 2.90. The van der Waals surface area contributed by atoms with Crippen LogP contribution in [0.15, 0.2) is 0 Å². The highest BCUT2D eigenvalue weighted by atomic mass is 79.9. The molecule has 0 heterocycles. The van der Waals surface area contributed by atoms with Gasteiger partial charge in [-0.3, -0.25) is 0 Å². The number of rotatable bonds is 0. The van der Waals surface area contributed by atoms with Crippen molar-refractivity contribution in [3.05, 3.63) is 0 Å². The van der Waals surface area contributed by atoms with Gasteiger partial charge in [-0.1, -0.05) is 51.1 Å². The van der Waals surface area contributed by atoms with Crippen LogP contribution in [0.3, 0.4) is 0 Å². The lowest BCUT2D eigenvalue weighted by atomic mass is 9.92. The zero-order valence-electron chi connectivity index (χ0n) is 8.16. The van der Waals surface area contributed by atoms with Crippen molar-refractivity contribution >= 4 is 43.5 Å². The van der Waals surface area contributed by atoms with Gasteiger partial charge in [0.05, 0.1) is 3.23 Å². The average molecular weight is 343 g/mol. The minimum atomic E-state index is 0.228. The summed E-state index contributed by atoms with van der Waals surface area (Å²) in [4.78, 5) is 0. The molecule has 0 N–H and O–H groups in total. The van der Waals surface area contributed by atoms with Crippen LogP contribution in [0.5, 0.6) is 0 Å². The maximum absolute atomic E-state index is 6.34. The van der Waals surface area contributed by atoms with Gasteiger partial charge in [-0.05, 0) is 25.7 Å². The summed E-state index contributed by atoms with van der Waals surface area (Å²) in [7, 11) is 0. The third kappa shape index (κ3) is 0.930. The van der Waals surface area contributed by atoms with Crippen molar-refractivity contribution in [2.24, 2.45) is 10.8 Å². The van der Waals surface area contributed by atoms with Crippen molar-refractivity contribution in [1.29, 1.82) is 0 Å². The van der Waals surface area contributed by atoms with Crippen LogP contribution in [0.25, 0.3) is 0 Å². The summed E-state index contributed by atoms with van der Waals surface area (Å²) in [6.45, 7) is 0. The third-order valence-electron chi connectivity index (χ3n) is 4.90. The standard InChI is InChI=1S/C11H15Br2Cl/c12-11(13)9-4-2-1-3-5-10(9,11)7-8(14)6-9/h8H,1-7H2/t9-,10-/m0/s1. The first-order valence-corrected chi connectivity index (χ1v) is 7.60. The lowest BCUT2D eigenvalue weighted by Gasteiger charge is -2.20. The second-order valence-electron chi connectivity index (χ2n) is 5.30. The van der Waals surface area contributed by atoms with E-state index in [4.69, 9.17) is 11.6 Å². The van der Waals surface area contributed by atoms with E-state index in [1.807, 2.05) is 0 Å². The summed E-state index contributed by atoms with van der Waals surface area (Å²) >= 11 is 14.2. The Morgan fingerprint density at radius 1 is 0.929 bits per heavy atom. The molecule has 3 aliphatic rings. The number of halogens is 3. The SMILES string of the molecule is ClC1C[C@@]23CCCCC[C@@]2(C1)C3(Br)Br. The molecule has 3 fully saturated rings. The monoisotopic (exact) mass is 340 g/mol. The van der Waals surface area contributed by atoms with Gasteiger partial charge >= 0.3 is 0 Å². The van der Waals surface area contributed by atoms with Crippen LogP contribution < -0.4 is 0 Å². The molecule has 0 nitrogen and oxygen atoms in total. The fraction of sp³-hybridized carbons (Fsp3) is 1.00. The lowest BCUT2D eigenvalue weighted by Crippen LogP contribution is -2.15. The van der Waals surface area contributed by atoms with Crippen molar-refractivity contribution in [2.45, 2.75) is 53.6 Å². The molecule has 3 aliphatic carbocycles. The zero-order chi connectivity index (χ0) is 10.0. The lowest BCUT2D eigenvalue weighted by molar-refractivity contribution is 0.367. The van der Waals surface area contributed by atoms with E-state index in [1.165, 1.54) is 44.9 Å². The second-order valence-corrected chi connectivity index (χ2v) is 9.37. The molecule has 0 radical (unpaired) electrons. The van der Waals surface area contributed by atoms with E-state index < -0.39 is 0 Å². The molecule has 3 rings (SSSR count). The van der Waals surface area contributed by atoms with Crippen LogP contribution in [-0.4, -0.2) is 8.61 Å². The number of hydrogen-bond acceptors (Lipinski definition) is 0. The normalized spacial score (nSPS) is 50.8. The Morgan fingerprint density at radius 2 is 1.43 bits per heavy atom. The molecule has 80 valence electrons. The fourth-order valence-corrected chi connectivity index (χ4v) is 7.53. The predicted octanol–water partition coefficient (Wildman–Crippen LogP) is 4.82. The molecule has 0 saturated heterocycles. The predicted molar refractivity (Wildman–Crippen MR) is 67.4 cm³/mol. The van der Waals surface area contributed by atoms with Gasteiger partial charge in [0.25, 0.3) is 0 Å². The van der Waals surface area contributed by atoms with E-state index in [0.717, 1.165) is 0 Å². The van der Waals surface area contributed by atoms with Crippen LogP contribution in [0.4, 0.5) is 0 Å². The summed E-state index contributed by atoms with van der Waals surface area (Å²) in [6, 6.07) is 0. The maximum Gasteiger partial charge on any atom is 0.0930 e. The van der Waals surface area contributed by atoms with Gasteiger partial charge in [0, 0.05) is 16.2 Å². The molecule has 0 aliphatic heterocycles. The van der Waals surface area contributed by atoms with Gasteiger partial charge in [-0.25, -0.2) is 0 Å². The Bertz CT molecular complexity index is 254. The minimum absolute atomic E-state index is 0.228. The van der Waals surface area contributed by atoms with Crippen molar-refractivity contribution in [1.82, 2.24) is 0 Å². The Hall–Kier alpha value is 1.25. The first kappa shape index (κ1) is 10.4. The van der Waals surface area contributed by atoms with Gasteiger partial charge < -0.3 is 0 Å². The first-order valence-electron chi connectivity index (χ1n) is 5.58. The summed E-state index contributed by atoms with van der Waals surface area (Å²) in [6.07, 6.45) is 9.37. The van der Waals surface area contributed by atoms with Crippen molar-refractivity contribution in [2.75, 3.05) is 0 Å². The van der Waals surface area contributed by atoms with Crippen LogP contribution in [0.2, 0.25) is 0 Å². The number of hydrogen-bond donors (Lipinski definition) is 0. The molecule has 0 aromatic carbocycles. The summed E-state index contributed by atoms with van der Waals surface area (Å²) < 4.78 is 0.228. The minimum Gasteiger partial charge on any atom is -0.123 e. The second kappa shape index (κ2) is 2.92. The van der Waals surface area contributed by atoms with E-state index in [2.05, 4.69) is 31.9 Å². The van der Waals surface area contributed by atoms with Gasteiger partial charge in [0.2, 0.25) is 0 Å². The zero-order valence-corrected chi connectivity index (χ0v) is 12.1. The molecule has 0 amide bonds. The van der Waals surface area contributed by atoms with Crippen molar-refractivity contribution in [3.63, 3.8) is 0 Å². The first-order chi connectivity index (χ1) is 6.56. The molecule has 0 aromatic heterocycles. The largest absolute Gasteiger partial charge is 0.123 e. The summed E-state index contributed by atoms with van der Waals surface area (Å²) in [5.74, 6) is 0. The van der Waals surface area contributed by atoms with Gasteiger partial charge in [-0.2, -0.15) is 0 Å². The van der Waals surface area contributed by atoms with E-state index in [-0.39, 0.29) is 3.23 Å². The molecular formula is C11H15Br2Cl. The quantitative estimate of drug-likeness (QED) is 0.554. The Balaban J connectivity index is 2.00.